The molecule has 0 saturated heterocycles. The van der Waals surface area contributed by atoms with Crippen LogP contribution in [0.1, 0.15) is 19.8 Å². The Kier molecular flexibility index (Phi) is 8.58. The Morgan fingerprint density at radius 2 is 1.73 bits per heavy atom. The SMILES string of the molecule is CCCC[N+](C)(C)CCF.[Cl-]. The summed E-state index contributed by atoms with van der Waals surface area (Å²) < 4.78 is 12.7. The summed E-state index contributed by atoms with van der Waals surface area (Å²) in [6, 6.07) is 0. The molecule has 0 spiro atoms. The van der Waals surface area contributed by atoms with Gasteiger partial charge in [-0.25, -0.2) is 4.39 Å². The quantitative estimate of drug-likeness (QED) is 0.472. The molecule has 0 aromatic heterocycles. The monoisotopic (exact) mass is 183 g/mol. The van der Waals surface area contributed by atoms with Gasteiger partial charge in [0.1, 0.15) is 13.2 Å². The van der Waals surface area contributed by atoms with Crippen molar-refractivity contribution >= 4 is 0 Å². The van der Waals surface area contributed by atoms with Gasteiger partial charge < -0.3 is 16.9 Å². The van der Waals surface area contributed by atoms with Crippen LogP contribution in [-0.2, 0) is 0 Å². The Morgan fingerprint density at radius 3 is 2.09 bits per heavy atom. The summed E-state index contributed by atoms with van der Waals surface area (Å²) in [4.78, 5) is 0. The highest BCUT2D eigenvalue weighted by Gasteiger charge is 2.12. The molecular formula is C8H19ClFN. The molecule has 0 unspecified atom stereocenters. The first-order valence-corrected chi connectivity index (χ1v) is 4.00. The molecule has 0 aromatic carbocycles. The fourth-order valence-electron chi connectivity index (χ4n) is 0.927. The highest BCUT2D eigenvalue weighted by atomic mass is 35.5. The van der Waals surface area contributed by atoms with Gasteiger partial charge in [0.05, 0.1) is 20.6 Å². The molecule has 0 N–H and O–H groups in total. The predicted octanol–water partition coefficient (Wildman–Crippen LogP) is -1.16. The zero-order valence-corrected chi connectivity index (χ0v) is 8.49. The lowest BCUT2D eigenvalue weighted by molar-refractivity contribution is -0.890. The molecule has 0 fully saturated rings. The summed E-state index contributed by atoms with van der Waals surface area (Å²) in [6.07, 6.45) is 2.40. The number of quaternary nitrogens is 1. The molecule has 0 aliphatic rings. The summed E-state index contributed by atoms with van der Waals surface area (Å²) >= 11 is 0. The van der Waals surface area contributed by atoms with Gasteiger partial charge in [0.2, 0.25) is 0 Å². The lowest BCUT2D eigenvalue weighted by Crippen LogP contribution is -3.00. The van der Waals surface area contributed by atoms with Crippen molar-refractivity contribution in [2.75, 3.05) is 33.9 Å². The lowest BCUT2D eigenvalue weighted by atomic mass is 10.3. The van der Waals surface area contributed by atoms with Crippen molar-refractivity contribution in [3.8, 4) is 0 Å². The van der Waals surface area contributed by atoms with Crippen LogP contribution >= 0.6 is 0 Å². The first-order valence-electron chi connectivity index (χ1n) is 4.00. The van der Waals surface area contributed by atoms with Gasteiger partial charge in [-0.3, -0.25) is 0 Å². The van der Waals surface area contributed by atoms with Crippen LogP contribution in [0.4, 0.5) is 4.39 Å². The van der Waals surface area contributed by atoms with Crippen molar-refractivity contribution in [3.05, 3.63) is 0 Å². The summed E-state index contributed by atoms with van der Waals surface area (Å²) in [5.74, 6) is 0. The molecule has 3 heteroatoms. The number of nitrogens with zero attached hydrogens (tertiary/aromatic N) is 1. The van der Waals surface area contributed by atoms with Gasteiger partial charge in [0.15, 0.2) is 0 Å². The minimum atomic E-state index is -0.198. The number of unbranched alkanes of at least 4 members (excludes halogenated alkanes) is 1. The number of alkyl halides is 1. The Labute approximate surface area is 75.6 Å². The van der Waals surface area contributed by atoms with E-state index >= 15 is 0 Å². The predicted molar refractivity (Wildman–Crippen MR) is 42.7 cm³/mol. The second-order valence-corrected chi connectivity index (χ2v) is 3.43. The van der Waals surface area contributed by atoms with E-state index in [0.717, 1.165) is 11.0 Å². The van der Waals surface area contributed by atoms with Gasteiger partial charge >= 0.3 is 0 Å². The number of halogens is 2. The van der Waals surface area contributed by atoms with E-state index in [9.17, 15) is 4.39 Å². The molecule has 0 aliphatic carbocycles. The molecule has 0 atom stereocenters. The van der Waals surface area contributed by atoms with Crippen LogP contribution < -0.4 is 12.4 Å². The second-order valence-electron chi connectivity index (χ2n) is 3.43. The Balaban J connectivity index is 0. The van der Waals surface area contributed by atoms with Crippen molar-refractivity contribution in [1.82, 2.24) is 0 Å². The standard InChI is InChI=1S/C8H19FN.ClH/c1-4-5-7-10(2,3)8-6-9;/h4-8H2,1-3H3;1H/q+1;/p-1. The topological polar surface area (TPSA) is 0 Å². The van der Waals surface area contributed by atoms with Gasteiger partial charge in [0, 0.05) is 0 Å². The van der Waals surface area contributed by atoms with Crippen molar-refractivity contribution < 1.29 is 21.3 Å². The Hall–Kier alpha value is 0.180. The Morgan fingerprint density at radius 1 is 1.18 bits per heavy atom. The zero-order chi connectivity index (χ0) is 8.04. The number of hydrogen-bond donors (Lipinski definition) is 0. The van der Waals surface area contributed by atoms with E-state index < -0.39 is 0 Å². The maximum absolute atomic E-state index is 11.9. The summed E-state index contributed by atoms with van der Waals surface area (Å²) in [7, 11) is 4.16. The first kappa shape index (κ1) is 13.7. The summed E-state index contributed by atoms with van der Waals surface area (Å²) in [6.45, 7) is 3.71. The molecule has 11 heavy (non-hydrogen) atoms. The Bertz CT molecular complexity index is 86.2. The van der Waals surface area contributed by atoms with Crippen molar-refractivity contribution in [3.63, 3.8) is 0 Å². The first-order chi connectivity index (χ1) is 4.62. The normalized spacial score (nSPS) is 10.9. The fraction of sp³-hybridized carbons (Fsp3) is 1.00. The molecule has 0 aromatic rings. The third-order valence-electron chi connectivity index (χ3n) is 1.81. The minimum Gasteiger partial charge on any atom is -1.00 e. The summed E-state index contributed by atoms with van der Waals surface area (Å²) in [5, 5.41) is 0. The smallest absolute Gasteiger partial charge is 0.138 e. The maximum atomic E-state index is 11.9. The largest absolute Gasteiger partial charge is 1.00 e. The van der Waals surface area contributed by atoms with E-state index in [1.165, 1.54) is 12.8 Å². The second kappa shape index (κ2) is 6.86. The molecule has 0 aliphatic heterocycles. The van der Waals surface area contributed by atoms with Crippen LogP contribution in [0.3, 0.4) is 0 Å². The van der Waals surface area contributed by atoms with Crippen LogP contribution in [0.25, 0.3) is 0 Å². The fourth-order valence-corrected chi connectivity index (χ4v) is 0.927. The molecule has 0 radical (unpaired) electrons. The molecule has 0 rings (SSSR count). The van der Waals surface area contributed by atoms with Gasteiger partial charge in [-0.15, -0.1) is 0 Å². The van der Waals surface area contributed by atoms with E-state index in [0.29, 0.717) is 6.54 Å². The maximum Gasteiger partial charge on any atom is 0.138 e. The highest BCUT2D eigenvalue weighted by molar-refractivity contribution is 4.34. The number of hydrogen-bond acceptors (Lipinski definition) is 0. The molecule has 70 valence electrons. The molecule has 0 bridgehead atoms. The van der Waals surface area contributed by atoms with Crippen LogP contribution in [0.5, 0.6) is 0 Å². The van der Waals surface area contributed by atoms with E-state index in [-0.39, 0.29) is 19.1 Å². The summed E-state index contributed by atoms with van der Waals surface area (Å²) in [5.41, 5.74) is 0. The van der Waals surface area contributed by atoms with Crippen LogP contribution in [0.15, 0.2) is 0 Å². The third kappa shape index (κ3) is 8.08. The van der Waals surface area contributed by atoms with E-state index in [2.05, 4.69) is 21.0 Å². The number of rotatable bonds is 5. The molecule has 0 heterocycles. The molecular weight excluding hydrogens is 165 g/mol. The third-order valence-corrected chi connectivity index (χ3v) is 1.81. The van der Waals surface area contributed by atoms with E-state index in [1.807, 2.05) is 0 Å². The van der Waals surface area contributed by atoms with Crippen LogP contribution in [0.2, 0.25) is 0 Å². The van der Waals surface area contributed by atoms with E-state index in [1.54, 1.807) is 0 Å². The highest BCUT2D eigenvalue weighted by Crippen LogP contribution is 2.00. The van der Waals surface area contributed by atoms with Crippen LogP contribution in [0, 0.1) is 0 Å². The van der Waals surface area contributed by atoms with Gasteiger partial charge in [-0.05, 0) is 6.42 Å². The van der Waals surface area contributed by atoms with Crippen molar-refractivity contribution in [2.24, 2.45) is 0 Å². The average Bonchev–Trinajstić information content (AvgIpc) is 1.84. The lowest BCUT2D eigenvalue weighted by Gasteiger charge is -2.28. The zero-order valence-electron chi connectivity index (χ0n) is 7.74. The average molecular weight is 184 g/mol. The van der Waals surface area contributed by atoms with E-state index in [4.69, 9.17) is 0 Å². The van der Waals surface area contributed by atoms with Gasteiger partial charge in [0.25, 0.3) is 0 Å². The molecule has 0 saturated carbocycles. The molecule has 1 nitrogen and oxygen atoms in total. The van der Waals surface area contributed by atoms with Crippen molar-refractivity contribution in [2.45, 2.75) is 19.8 Å². The van der Waals surface area contributed by atoms with Gasteiger partial charge in [-0.1, -0.05) is 13.3 Å². The van der Waals surface area contributed by atoms with Gasteiger partial charge in [-0.2, -0.15) is 0 Å². The van der Waals surface area contributed by atoms with Crippen LogP contribution in [-0.4, -0.2) is 38.3 Å². The molecule has 0 amide bonds. The minimum absolute atomic E-state index is 0. The van der Waals surface area contributed by atoms with Crippen molar-refractivity contribution in [1.29, 1.82) is 0 Å².